The Kier molecular flexibility index (Phi) is 7.21. The zero-order valence-electron chi connectivity index (χ0n) is 14.1. The van der Waals surface area contributed by atoms with E-state index in [1.54, 1.807) is 0 Å². The molecular formula is C17H13ClF2N2O6. The largest absolute Gasteiger partial charge is 0.455 e. The van der Waals surface area contributed by atoms with E-state index in [1.165, 1.54) is 36.4 Å². The first kappa shape index (κ1) is 21.0. The molecule has 0 radical (unpaired) electrons. The fourth-order valence-electron chi connectivity index (χ4n) is 2.08. The highest BCUT2D eigenvalue weighted by atomic mass is 35.5. The second-order valence-corrected chi connectivity index (χ2v) is 5.74. The van der Waals surface area contributed by atoms with Gasteiger partial charge >= 0.3 is 12.6 Å². The topological polar surface area (TPSA) is 108 Å². The van der Waals surface area contributed by atoms with E-state index in [1.807, 2.05) is 0 Å². The number of benzene rings is 2. The summed E-state index contributed by atoms with van der Waals surface area (Å²) in [7, 11) is 0. The molecule has 28 heavy (non-hydrogen) atoms. The first-order valence-electron chi connectivity index (χ1n) is 7.68. The number of hydrogen-bond acceptors (Lipinski definition) is 6. The van der Waals surface area contributed by atoms with Crippen LogP contribution in [0.15, 0.2) is 42.5 Å². The Hall–Kier alpha value is -3.27. The molecule has 0 atom stereocenters. The third-order valence-electron chi connectivity index (χ3n) is 3.29. The average molecular weight is 415 g/mol. The number of esters is 1. The van der Waals surface area contributed by atoms with Crippen molar-refractivity contribution in [1.82, 2.24) is 0 Å². The Balaban J connectivity index is 1.83. The summed E-state index contributed by atoms with van der Waals surface area (Å²) >= 11 is 5.67. The molecule has 2 rings (SSSR count). The van der Waals surface area contributed by atoms with Crippen molar-refractivity contribution in [3.8, 4) is 5.75 Å². The van der Waals surface area contributed by atoms with Crippen LogP contribution in [0.25, 0.3) is 0 Å². The first-order valence-corrected chi connectivity index (χ1v) is 8.05. The van der Waals surface area contributed by atoms with E-state index in [9.17, 15) is 28.5 Å². The van der Waals surface area contributed by atoms with E-state index in [0.29, 0.717) is 5.56 Å². The van der Waals surface area contributed by atoms with Gasteiger partial charge in [0, 0.05) is 11.8 Å². The van der Waals surface area contributed by atoms with Crippen molar-refractivity contribution in [2.24, 2.45) is 0 Å². The third kappa shape index (κ3) is 6.47. The summed E-state index contributed by atoms with van der Waals surface area (Å²) in [5.74, 6) is -1.48. The maximum atomic E-state index is 12.1. The normalized spacial score (nSPS) is 10.4. The van der Waals surface area contributed by atoms with Gasteiger partial charge in [0.25, 0.3) is 11.6 Å². The summed E-state index contributed by atoms with van der Waals surface area (Å²) < 4.78 is 33.1. The summed E-state index contributed by atoms with van der Waals surface area (Å²) in [6.07, 6.45) is -0.186. The molecule has 1 N–H and O–H groups in total. The van der Waals surface area contributed by atoms with E-state index in [2.05, 4.69) is 10.1 Å². The predicted octanol–water partition coefficient (Wildman–Crippen LogP) is 3.57. The minimum atomic E-state index is -2.95. The fourth-order valence-corrected chi connectivity index (χ4v) is 2.27. The molecule has 148 valence electrons. The van der Waals surface area contributed by atoms with Gasteiger partial charge < -0.3 is 14.8 Å². The van der Waals surface area contributed by atoms with Gasteiger partial charge in [0.1, 0.15) is 10.8 Å². The zero-order chi connectivity index (χ0) is 20.7. The molecule has 2 aromatic carbocycles. The molecule has 0 aliphatic carbocycles. The highest BCUT2D eigenvalue weighted by Gasteiger charge is 2.15. The highest BCUT2D eigenvalue weighted by Crippen LogP contribution is 2.27. The maximum absolute atomic E-state index is 12.1. The van der Waals surface area contributed by atoms with E-state index in [-0.39, 0.29) is 28.6 Å². The molecule has 0 aliphatic heterocycles. The molecule has 0 spiro atoms. The number of rotatable bonds is 8. The lowest BCUT2D eigenvalue weighted by molar-refractivity contribution is -0.384. The second-order valence-electron chi connectivity index (χ2n) is 5.33. The summed E-state index contributed by atoms with van der Waals surface area (Å²) in [6, 6.07) is 9.05. The number of nitro groups is 1. The number of nitrogens with zero attached hydrogens (tertiary/aromatic N) is 1. The Labute approximate surface area is 162 Å². The second kappa shape index (κ2) is 9.60. The van der Waals surface area contributed by atoms with Gasteiger partial charge in [-0.15, -0.1) is 0 Å². The van der Waals surface area contributed by atoms with E-state index < -0.39 is 30.0 Å². The first-order chi connectivity index (χ1) is 13.2. The maximum Gasteiger partial charge on any atom is 0.387 e. The Bertz CT molecular complexity index is 876. The van der Waals surface area contributed by atoms with Crippen molar-refractivity contribution in [2.45, 2.75) is 13.0 Å². The van der Waals surface area contributed by atoms with Crippen molar-refractivity contribution in [1.29, 1.82) is 0 Å². The van der Waals surface area contributed by atoms with Crippen molar-refractivity contribution < 1.29 is 32.8 Å². The van der Waals surface area contributed by atoms with Crippen LogP contribution in [-0.2, 0) is 20.7 Å². The number of carbonyl (C=O) groups is 2. The molecule has 0 aliphatic rings. The molecule has 0 bridgehead atoms. The molecule has 0 fully saturated rings. The van der Waals surface area contributed by atoms with Gasteiger partial charge in [-0.2, -0.15) is 8.78 Å². The van der Waals surface area contributed by atoms with Gasteiger partial charge in [0.05, 0.1) is 11.3 Å². The number of carbonyl (C=O) groups excluding carboxylic acids is 2. The van der Waals surface area contributed by atoms with Crippen molar-refractivity contribution in [2.75, 3.05) is 11.9 Å². The van der Waals surface area contributed by atoms with Crippen LogP contribution in [0.4, 0.5) is 20.2 Å². The summed E-state index contributed by atoms with van der Waals surface area (Å²) in [4.78, 5) is 33.7. The lowest BCUT2D eigenvalue weighted by Crippen LogP contribution is -2.21. The molecule has 0 heterocycles. The molecule has 0 aromatic heterocycles. The molecule has 0 saturated carbocycles. The number of alkyl halides is 2. The molecular weight excluding hydrogens is 402 g/mol. The van der Waals surface area contributed by atoms with Crippen LogP contribution in [0.2, 0.25) is 5.02 Å². The Morgan fingerprint density at radius 1 is 1.18 bits per heavy atom. The van der Waals surface area contributed by atoms with Crippen LogP contribution >= 0.6 is 11.6 Å². The van der Waals surface area contributed by atoms with Crippen LogP contribution in [0.5, 0.6) is 5.75 Å². The van der Waals surface area contributed by atoms with Crippen LogP contribution in [0, 0.1) is 10.1 Å². The van der Waals surface area contributed by atoms with Gasteiger partial charge in [0.15, 0.2) is 6.61 Å². The smallest absolute Gasteiger partial charge is 0.387 e. The number of hydrogen-bond donors (Lipinski definition) is 1. The van der Waals surface area contributed by atoms with Gasteiger partial charge in [-0.3, -0.25) is 19.7 Å². The Morgan fingerprint density at radius 3 is 2.46 bits per heavy atom. The number of halogens is 3. The molecule has 1 amide bonds. The quantitative estimate of drug-likeness (QED) is 0.402. The van der Waals surface area contributed by atoms with E-state index >= 15 is 0 Å². The molecule has 0 saturated heterocycles. The average Bonchev–Trinajstić information content (AvgIpc) is 2.62. The minimum Gasteiger partial charge on any atom is -0.455 e. The Morgan fingerprint density at radius 2 is 1.86 bits per heavy atom. The van der Waals surface area contributed by atoms with E-state index in [4.69, 9.17) is 16.3 Å². The number of nitro benzene ring substituents is 1. The van der Waals surface area contributed by atoms with Gasteiger partial charge in [-0.05, 0) is 29.8 Å². The van der Waals surface area contributed by atoms with Crippen molar-refractivity contribution in [3.05, 3.63) is 63.2 Å². The minimum absolute atomic E-state index is 0.0523. The standard InChI is InChI=1S/C17H13ClF2N2O6/c18-13-6-3-11(8-14(13)22(25)26)21-15(23)9-27-16(24)7-10-1-4-12(5-2-10)28-17(19)20/h1-6,8,17H,7,9H2,(H,21,23). The van der Waals surface area contributed by atoms with Crippen molar-refractivity contribution >= 4 is 34.9 Å². The van der Waals surface area contributed by atoms with Crippen LogP contribution in [0.3, 0.4) is 0 Å². The third-order valence-corrected chi connectivity index (χ3v) is 3.61. The lowest BCUT2D eigenvalue weighted by atomic mass is 10.1. The van der Waals surface area contributed by atoms with Crippen molar-refractivity contribution in [3.63, 3.8) is 0 Å². The van der Waals surface area contributed by atoms with Gasteiger partial charge in [0.2, 0.25) is 0 Å². The van der Waals surface area contributed by atoms with E-state index in [0.717, 1.165) is 6.07 Å². The molecule has 8 nitrogen and oxygen atoms in total. The lowest BCUT2D eigenvalue weighted by Gasteiger charge is -2.08. The molecule has 0 unspecified atom stereocenters. The number of amides is 1. The molecule has 11 heteroatoms. The highest BCUT2D eigenvalue weighted by molar-refractivity contribution is 6.32. The SMILES string of the molecule is O=C(COC(=O)Cc1ccc(OC(F)F)cc1)Nc1ccc(Cl)c([N+](=O)[O-])c1. The number of ether oxygens (including phenoxy) is 2. The summed E-state index contributed by atoms with van der Waals surface area (Å²) in [5.41, 5.74) is 0.211. The number of anilines is 1. The van der Waals surface area contributed by atoms with Crippen LogP contribution < -0.4 is 10.1 Å². The van der Waals surface area contributed by atoms with Crippen LogP contribution in [0.1, 0.15) is 5.56 Å². The summed E-state index contributed by atoms with van der Waals surface area (Å²) in [5, 5.41) is 13.1. The monoisotopic (exact) mass is 414 g/mol. The number of nitrogens with one attached hydrogen (secondary N) is 1. The van der Waals surface area contributed by atoms with Crippen LogP contribution in [-0.4, -0.2) is 30.0 Å². The fraction of sp³-hybridized carbons (Fsp3) is 0.176. The van der Waals surface area contributed by atoms with Gasteiger partial charge in [-0.25, -0.2) is 0 Å². The predicted molar refractivity (Wildman–Crippen MR) is 94.5 cm³/mol. The van der Waals surface area contributed by atoms with Gasteiger partial charge in [-0.1, -0.05) is 23.7 Å². The summed E-state index contributed by atoms with van der Waals surface area (Å²) in [6.45, 7) is -3.56. The zero-order valence-corrected chi connectivity index (χ0v) is 14.8. The molecule has 2 aromatic rings.